The fourth-order valence-corrected chi connectivity index (χ4v) is 1.96. The van der Waals surface area contributed by atoms with Gasteiger partial charge >= 0.3 is 6.01 Å². The minimum absolute atomic E-state index is 0.447. The molecule has 0 saturated carbocycles. The van der Waals surface area contributed by atoms with Gasteiger partial charge in [0.15, 0.2) is 0 Å². The van der Waals surface area contributed by atoms with Crippen LogP contribution in [0.3, 0.4) is 0 Å². The van der Waals surface area contributed by atoms with Crippen molar-refractivity contribution >= 4 is 5.82 Å². The highest BCUT2D eigenvalue weighted by Crippen LogP contribution is 2.22. The van der Waals surface area contributed by atoms with Gasteiger partial charge in [0.25, 0.3) is 0 Å². The summed E-state index contributed by atoms with van der Waals surface area (Å²) in [5.74, 6) is 0.894. The van der Waals surface area contributed by atoms with Gasteiger partial charge in [-0.05, 0) is 14.1 Å². The van der Waals surface area contributed by atoms with Crippen molar-refractivity contribution in [2.45, 2.75) is 13.0 Å². The SMILES string of the molecule is COc1nc2c(c(NCCN(C)C)n1)CNCC2. The molecular weight excluding hydrogens is 230 g/mol. The molecule has 1 aliphatic heterocycles. The Morgan fingerprint density at radius 1 is 1.39 bits per heavy atom. The Bertz CT molecular complexity index is 408. The van der Waals surface area contributed by atoms with Crippen LogP contribution in [0.4, 0.5) is 5.82 Å². The molecule has 18 heavy (non-hydrogen) atoms. The van der Waals surface area contributed by atoms with Gasteiger partial charge in [-0.15, -0.1) is 0 Å². The van der Waals surface area contributed by atoms with Crippen LogP contribution in [0.2, 0.25) is 0 Å². The third-order valence-corrected chi connectivity index (χ3v) is 2.95. The molecule has 0 aliphatic carbocycles. The molecule has 2 heterocycles. The average molecular weight is 251 g/mol. The molecule has 0 atom stereocenters. The molecule has 0 unspecified atom stereocenters. The third-order valence-electron chi connectivity index (χ3n) is 2.95. The summed E-state index contributed by atoms with van der Waals surface area (Å²) >= 11 is 0. The van der Waals surface area contributed by atoms with E-state index in [1.165, 1.54) is 5.56 Å². The van der Waals surface area contributed by atoms with E-state index in [2.05, 4.69) is 39.6 Å². The Kier molecular flexibility index (Phi) is 4.33. The van der Waals surface area contributed by atoms with Gasteiger partial charge in [0.05, 0.1) is 12.8 Å². The van der Waals surface area contributed by atoms with Crippen LogP contribution in [-0.4, -0.2) is 55.7 Å². The van der Waals surface area contributed by atoms with Crippen molar-refractivity contribution < 1.29 is 4.74 Å². The topological polar surface area (TPSA) is 62.3 Å². The van der Waals surface area contributed by atoms with Crippen molar-refractivity contribution in [3.05, 3.63) is 11.3 Å². The van der Waals surface area contributed by atoms with E-state index in [1.807, 2.05) is 0 Å². The highest BCUT2D eigenvalue weighted by molar-refractivity contribution is 5.48. The number of nitrogens with one attached hydrogen (secondary N) is 2. The molecule has 100 valence electrons. The molecule has 6 heteroatoms. The summed E-state index contributed by atoms with van der Waals surface area (Å²) in [6.07, 6.45) is 0.927. The number of rotatable bonds is 5. The second-order valence-electron chi connectivity index (χ2n) is 4.64. The van der Waals surface area contributed by atoms with Gasteiger partial charge < -0.3 is 20.3 Å². The van der Waals surface area contributed by atoms with E-state index in [1.54, 1.807) is 7.11 Å². The number of ether oxygens (including phenoxy) is 1. The van der Waals surface area contributed by atoms with Crippen LogP contribution in [-0.2, 0) is 13.0 Å². The summed E-state index contributed by atoms with van der Waals surface area (Å²) in [7, 11) is 5.71. The molecule has 0 radical (unpaired) electrons. The maximum atomic E-state index is 5.16. The highest BCUT2D eigenvalue weighted by atomic mass is 16.5. The lowest BCUT2D eigenvalue weighted by Crippen LogP contribution is -2.28. The summed E-state index contributed by atoms with van der Waals surface area (Å²) in [6, 6.07) is 0.447. The molecule has 0 saturated heterocycles. The minimum atomic E-state index is 0.447. The van der Waals surface area contributed by atoms with Crippen LogP contribution in [0.1, 0.15) is 11.3 Å². The van der Waals surface area contributed by atoms with E-state index in [0.717, 1.165) is 44.1 Å². The van der Waals surface area contributed by atoms with E-state index in [4.69, 9.17) is 4.74 Å². The van der Waals surface area contributed by atoms with Crippen LogP contribution in [0.15, 0.2) is 0 Å². The molecule has 6 nitrogen and oxygen atoms in total. The first kappa shape index (κ1) is 13.0. The Labute approximate surface area is 108 Å². The maximum absolute atomic E-state index is 5.16. The molecule has 1 aromatic rings. The van der Waals surface area contributed by atoms with Crippen molar-refractivity contribution in [1.29, 1.82) is 0 Å². The second kappa shape index (κ2) is 5.97. The molecule has 2 N–H and O–H groups in total. The van der Waals surface area contributed by atoms with Crippen LogP contribution >= 0.6 is 0 Å². The zero-order valence-electron chi connectivity index (χ0n) is 11.3. The van der Waals surface area contributed by atoms with Crippen molar-refractivity contribution in [2.75, 3.05) is 46.2 Å². The number of hydrogen-bond acceptors (Lipinski definition) is 6. The summed E-state index contributed by atoms with van der Waals surface area (Å²) in [5, 5.41) is 6.71. The second-order valence-corrected chi connectivity index (χ2v) is 4.64. The molecule has 0 aromatic carbocycles. The van der Waals surface area contributed by atoms with Crippen molar-refractivity contribution in [3.63, 3.8) is 0 Å². The van der Waals surface area contributed by atoms with E-state index in [0.29, 0.717) is 6.01 Å². The zero-order chi connectivity index (χ0) is 13.0. The number of methoxy groups -OCH3 is 1. The van der Waals surface area contributed by atoms with Gasteiger partial charge in [0, 0.05) is 38.2 Å². The average Bonchev–Trinajstić information content (AvgIpc) is 2.38. The summed E-state index contributed by atoms with van der Waals surface area (Å²) < 4.78 is 5.16. The Morgan fingerprint density at radius 3 is 2.94 bits per heavy atom. The van der Waals surface area contributed by atoms with E-state index >= 15 is 0 Å². The molecule has 0 spiro atoms. The quantitative estimate of drug-likeness (QED) is 0.774. The fraction of sp³-hybridized carbons (Fsp3) is 0.667. The van der Waals surface area contributed by atoms with Crippen molar-refractivity contribution in [1.82, 2.24) is 20.2 Å². The largest absolute Gasteiger partial charge is 0.467 e. The van der Waals surface area contributed by atoms with Crippen LogP contribution in [0.5, 0.6) is 6.01 Å². The third kappa shape index (κ3) is 3.08. The number of fused-ring (bicyclic) bond motifs is 1. The molecule has 1 aliphatic rings. The Morgan fingerprint density at radius 2 is 2.22 bits per heavy atom. The van der Waals surface area contributed by atoms with Gasteiger partial charge in [-0.3, -0.25) is 0 Å². The van der Waals surface area contributed by atoms with E-state index in [-0.39, 0.29) is 0 Å². The normalized spacial score (nSPS) is 14.4. The minimum Gasteiger partial charge on any atom is -0.467 e. The zero-order valence-corrected chi connectivity index (χ0v) is 11.3. The van der Waals surface area contributed by atoms with Gasteiger partial charge in [-0.2, -0.15) is 9.97 Å². The molecule has 0 fully saturated rings. The first-order valence-corrected chi connectivity index (χ1v) is 6.24. The summed E-state index contributed by atoms with van der Waals surface area (Å²) in [5.41, 5.74) is 2.26. The Balaban J connectivity index is 2.16. The smallest absolute Gasteiger partial charge is 0.318 e. The molecule has 0 bridgehead atoms. The lowest BCUT2D eigenvalue weighted by molar-refractivity contribution is 0.376. The number of aromatic nitrogens is 2. The predicted octanol–water partition coefficient (Wildman–Crippen LogP) is 0.104. The molecule has 2 rings (SSSR count). The van der Waals surface area contributed by atoms with Gasteiger partial charge in [-0.25, -0.2) is 0 Å². The maximum Gasteiger partial charge on any atom is 0.318 e. The first-order valence-electron chi connectivity index (χ1n) is 6.24. The summed E-state index contributed by atoms with van der Waals surface area (Å²) in [6.45, 7) is 3.61. The number of nitrogens with zero attached hydrogens (tertiary/aromatic N) is 3. The molecular formula is C12H21N5O. The van der Waals surface area contributed by atoms with Gasteiger partial charge in [-0.1, -0.05) is 0 Å². The predicted molar refractivity (Wildman–Crippen MR) is 71.0 cm³/mol. The Hall–Kier alpha value is -1.40. The van der Waals surface area contributed by atoms with Crippen molar-refractivity contribution in [2.24, 2.45) is 0 Å². The van der Waals surface area contributed by atoms with Crippen molar-refractivity contribution in [3.8, 4) is 6.01 Å². The van der Waals surface area contributed by atoms with Crippen LogP contribution in [0.25, 0.3) is 0 Å². The van der Waals surface area contributed by atoms with E-state index < -0.39 is 0 Å². The van der Waals surface area contributed by atoms with E-state index in [9.17, 15) is 0 Å². The monoisotopic (exact) mass is 251 g/mol. The number of hydrogen-bond donors (Lipinski definition) is 2. The standard InChI is InChI=1S/C12H21N5O/c1-17(2)7-6-14-11-9-8-13-5-4-10(9)15-12(16-11)18-3/h13H,4-8H2,1-3H3,(H,14,15,16). The van der Waals surface area contributed by atoms with Crippen LogP contribution in [0, 0.1) is 0 Å². The summed E-state index contributed by atoms with van der Waals surface area (Å²) in [4.78, 5) is 10.9. The lowest BCUT2D eigenvalue weighted by Gasteiger charge is -2.20. The lowest BCUT2D eigenvalue weighted by atomic mass is 10.1. The van der Waals surface area contributed by atoms with Gasteiger partial charge in [0.1, 0.15) is 5.82 Å². The fourth-order valence-electron chi connectivity index (χ4n) is 1.96. The van der Waals surface area contributed by atoms with Crippen LogP contribution < -0.4 is 15.4 Å². The number of anilines is 1. The highest BCUT2D eigenvalue weighted by Gasteiger charge is 2.17. The first-order chi connectivity index (χ1) is 8.70. The van der Waals surface area contributed by atoms with Gasteiger partial charge in [0.2, 0.25) is 0 Å². The number of likely N-dealkylation sites (N-methyl/N-ethyl adjacent to an activating group) is 1. The molecule has 1 aromatic heterocycles. The molecule has 0 amide bonds.